The minimum Gasteiger partial charge on any atom is -0.494 e. The molecule has 0 heterocycles. The van der Waals surface area contributed by atoms with Crippen LogP contribution in [0.2, 0.25) is 0 Å². The molecule has 0 aromatic heterocycles. The van der Waals surface area contributed by atoms with Gasteiger partial charge >= 0.3 is 0 Å². The summed E-state index contributed by atoms with van der Waals surface area (Å²) in [4.78, 5) is 12.4. The van der Waals surface area contributed by atoms with Crippen LogP contribution in [-0.4, -0.2) is 13.0 Å². The van der Waals surface area contributed by atoms with Gasteiger partial charge in [0, 0.05) is 0 Å². The maximum atomic E-state index is 13.8. The first-order chi connectivity index (χ1) is 11.9. The topological polar surface area (TPSA) is 38.3 Å². The molecule has 0 saturated carbocycles. The molecule has 0 spiro atoms. The first-order valence-corrected chi connectivity index (χ1v) is 8.65. The van der Waals surface area contributed by atoms with E-state index in [1.54, 1.807) is 12.1 Å². The summed E-state index contributed by atoms with van der Waals surface area (Å²) in [7, 11) is 1.42. The van der Waals surface area contributed by atoms with Crippen LogP contribution in [-0.2, 0) is 17.6 Å². The third-order valence-electron chi connectivity index (χ3n) is 4.31. The van der Waals surface area contributed by atoms with Crippen molar-refractivity contribution in [3.8, 4) is 5.75 Å². The van der Waals surface area contributed by atoms with Crippen molar-refractivity contribution in [3.05, 3.63) is 65.0 Å². The highest BCUT2D eigenvalue weighted by atomic mass is 19.1. The normalized spacial score (nSPS) is 12.1. The Morgan fingerprint density at radius 2 is 1.76 bits per heavy atom. The molecule has 0 aliphatic rings. The second-order valence-electron chi connectivity index (χ2n) is 6.53. The van der Waals surface area contributed by atoms with Gasteiger partial charge in [0.1, 0.15) is 0 Å². The van der Waals surface area contributed by atoms with Gasteiger partial charge in [-0.3, -0.25) is 4.79 Å². The lowest BCUT2D eigenvalue weighted by molar-refractivity contribution is -0.121. The summed E-state index contributed by atoms with van der Waals surface area (Å²) in [5.41, 5.74) is 2.98. The number of carbonyl (C=O) groups excluding carboxylic acids is 1. The number of rotatable bonds is 7. The molecule has 2 aromatic carbocycles. The first kappa shape index (κ1) is 19.0. The van der Waals surface area contributed by atoms with Gasteiger partial charge in [-0.15, -0.1) is 0 Å². The van der Waals surface area contributed by atoms with Gasteiger partial charge in [-0.1, -0.05) is 51.1 Å². The molecule has 1 atom stereocenters. The lowest BCUT2D eigenvalue weighted by Gasteiger charge is -2.23. The number of aryl methyl sites for hydroxylation is 1. The fraction of sp³-hybridized carbons (Fsp3) is 0.381. The van der Waals surface area contributed by atoms with Crippen LogP contribution in [0.4, 0.5) is 4.39 Å². The number of benzene rings is 2. The number of amides is 1. The number of hydrogen-bond acceptors (Lipinski definition) is 2. The maximum absolute atomic E-state index is 13.8. The number of hydrogen-bond donors (Lipinski definition) is 1. The first-order valence-electron chi connectivity index (χ1n) is 8.65. The Bertz CT molecular complexity index is 710. The van der Waals surface area contributed by atoms with Gasteiger partial charge in [-0.05, 0) is 41.2 Å². The largest absolute Gasteiger partial charge is 0.494 e. The van der Waals surface area contributed by atoms with Crippen LogP contribution in [0.3, 0.4) is 0 Å². The van der Waals surface area contributed by atoms with Crippen molar-refractivity contribution in [2.45, 2.75) is 39.7 Å². The molecule has 1 N–H and O–H groups in total. The SMILES string of the molecule is CCc1ccc(C(NC(=O)Cc2ccc(OC)c(F)c2)C(C)C)cc1. The summed E-state index contributed by atoms with van der Waals surface area (Å²) in [6, 6.07) is 12.8. The summed E-state index contributed by atoms with van der Waals surface area (Å²) in [5, 5.41) is 3.07. The second kappa shape index (κ2) is 8.65. The molecule has 25 heavy (non-hydrogen) atoms. The highest BCUT2D eigenvalue weighted by molar-refractivity contribution is 5.79. The van der Waals surface area contributed by atoms with Gasteiger partial charge in [0.05, 0.1) is 19.6 Å². The summed E-state index contributed by atoms with van der Waals surface area (Å²) in [5.74, 6) is -0.143. The fourth-order valence-electron chi connectivity index (χ4n) is 2.83. The second-order valence-corrected chi connectivity index (χ2v) is 6.53. The Hall–Kier alpha value is -2.36. The van der Waals surface area contributed by atoms with E-state index < -0.39 is 5.82 Å². The van der Waals surface area contributed by atoms with Crippen LogP contribution in [0.15, 0.2) is 42.5 Å². The molecule has 1 unspecified atom stereocenters. The third kappa shape index (κ3) is 5.05. The van der Waals surface area contributed by atoms with Crippen LogP contribution in [0, 0.1) is 11.7 Å². The predicted octanol–water partition coefficient (Wildman–Crippen LogP) is 4.45. The van der Waals surface area contributed by atoms with Crippen molar-refractivity contribution in [2.75, 3.05) is 7.11 Å². The van der Waals surface area contributed by atoms with Gasteiger partial charge in [-0.25, -0.2) is 4.39 Å². The average Bonchev–Trinajstić information content (AvgIpc) is 2.60. The highest BCUT2D eigenvalue weighted by Crippen LogP contribution is 2.23. The average molecular weight is 343 g/mol. The predicted molar refractivity (Wildman–Crippen MR) is 98.2 cm³/mol. The van der Waals surface area contributed by atoms with Crippen molar-refractivity contribution < 1.29 is 13.9 Å². The number of carbonyl (C=O) groups is 1. The molecule has 4 heteroatoms. The van der Waals surface area contributed by atoms with Gasteiger partial charge in [0.15, 0.2) is 11.6 Å². The number of nitrogens with one attached hydrogen (secondary N) is 1. The monoisotopic (exact) mass is 343 g/mol. The van der Waals surface area contributed by atoms with Crippen LogP contribution in [0.1, 0.15) is 43.5 Å². The summed E-state index contributed by atoms with van der Waals surface area (Å²) >= 11 is 0. The van der Waals surface area contributed by atoms with Crippen LogP contribution in [0.25, 0.3) is 0 Å². The molecule has 0 aliphatic carbocycles. The number of ether oxygens (including phenoxy) is 1. The van der Waals surface area contributed by atoms with Crippen LogP contribution in [0.5, 0.6) is 5.75 Å². The molecule has 1 amide bonds. The van der Waals surface area contributed by atoms with Crippen molar-refractivity contribution in [3.63, 3.8) is 0 Å². The van der Waals surface area contributed by atoms with Gasteiger partial charge < -0.3 is 10.1 Å². The van der Waals surface area contributed by atoms with Crippen molar-refractivity contribution in [2.24, 2.45) is 5.92 Å². The maximum Gasteiger partial charge on any atom is 0.224 e. The summed E-state index contributed by atoms with van der Waals surface area (Å²) < 4.78 is 18.7. The quantitative estimate of drug-likeness (QED) is 0.806. The van der Waals surface area contributed by atoms with E-state index in [9.17, 15) is 9.18 Å². The Morgan fingerprint density at radius 3 is 2.28 bits per heavy atom. The van der Waals surface area contributed by atoms with Crippen LogP contribution < -0.4 is 10.1 Å². The zero-order valence-corrected chi connectivity index (χ0v) is 15.3. The van der Waals surface area contributed by atoms with E-state index in [1.807, 2.05) is 0 Å². The lowest BCUT2D eigenvalue weighted by Crippen LogP contribution is -2.32. The zero-order valence-electron chi connectivity index (χ0n) is 15.3. The van der Waals surface area contributed by atoms with Crippen molar-refractivity contribution >= 4 is 5.91 Å². The Morgan fingerprint density at radius 1 is 1.12 bits per heavy atom. The van der Waals surface area contributed by atoms with Crippen molar-refractivity contribution in [1.29, 1.82) is 0 Å². The Balaban J connectivity index is 2.08. The zero-order chi connectivity index (χ0) is 18.4. The van der Waals surface area contributed by atoms with E-state index in [4.69, 9.17) is 4.74 Å². The Labute approximate surface area is 149 Å². The number of methoxy groups -OCH3 is 1. The molecule has 0 fully saturated rings. The van der Waals surface area contributed by atoms with E-state index in [2.05, 4.69) is 50.4 Å². The molecule has 0 saturated heterocycles. The third-order valence-corrected chi connectivity index (χ3v) is 4.31. The minimum atomic E-state index is -0.455. The minimum absolute atomic E-state index is 0.0681. The summed E-state index contributed by atoms with van der Waals surface area (Å²) in [6.07, 6.45) is 1.12. The molecule has 0 radical (unpaired) electrons. The smallest absolute Gasteiger partial charge is 0.224 e. The lowest BCUT2D eigenvalue weighted by atomic mass is 9.94. The van der Waals surface area contributed by atoms with E-state index >= 15 is 0 Å². The van der Waals surface area contributed by atoms with Gasteiger partial charge in [-0.2, -0.15) is 0 Å². The Kier molecular flexibility index (Phi) is 6.57. The molecular formula is C21H26FNO2. The van der Waals surface area contributed by atoms with Gasteiger partial charge in [0.25, 0.3) is 0 Å². The molecule has 0 bridgehead atoms. The van der Waals surface area contributed by atoms with E-state index in [-0.39, 0.29) is 30.0 Å². The molecule has 3 nitrogen and oxygen atoms in total. The van der Waals surface area contributed by atoms with Crippen molar-refractivity contribution in [1.82, 2.24) is 5.32 Å². The number of halogens is 1. The highest BCUT2D eigenvalue weighted by Gasteiger charge is 2.18. The molecule has 2 aromatic rings. The van der Waals surface area contributed by atoms with E-state index in [1.165, 1.54) is 18.7 Å². The molecule has 2 rings (SSSR count). The standard InChI is InChI=1S/C21H26FNO2/c1-5-15-6-9-17(10-7-15)21(14(2)3)23-20(24)13-16-8-11-19(25-4)18(22)12-16/h6-12,14,21H,5,13H2,1-4H3,(H,23,24). The van der Waals surface area contributed by atoms with E-state index in [0.29, 0.717) is 5.56 Å². The van der Waals surface area contributed by atoms with Crippen LogP contribution >= 0.6 is 0 Å². The fourth-order valence-corrected chi connectivity index (χ4v) is 2.83. The molecule has 134 valence electrons. The van der Waals surface area contributed by atoms with Gasteiger partial charge in [0.2, 0.25) is 5.91 Å². The molecular weight excluding hydrogens is 317 g/mol. The molecule has 0 aliphatic heterocycles. The van der Waals surface area contributed by atoms with E-state index in [0.717, 1.165) is 12.0 Å². The summed E-state index contributed by atoms with van der Waals surface area (Å²) in [6.45, 7) is 6.27.